The van der Waals surface area contributed by atoms with Crippen LogP contribution in [0.2, 0.25) is 0 Å². The van der Waals surface area contributed by atoms with Gasteiger partial charge in [-0.1, -0.05) is 69.3 Å². The molecular formula is C23H29NO2. The first kappa shape index (κ1) is 18.5. The largest absolute Gasteiger partial charge is 0.413 e. The van der Waals surface area contributed by atoms with Crippen molar-refractivity contribution in [1.29, 1.82) is 0 Å². The molecule has 0 aliphatic heterocycles. The van der Waals surface area contributed by atoms with E-state index in [0.717, 1.165) is 22.4 Å². The van der Waals surface area contributed by atoms with E-state index in [0.29, 0.717) is 17.8 Å². The Bertz CT molecular complexity index is 750. The first-order valence-corrected chi connectivity index (χ1v) is 9.63. The Morgan fingerprint density at radius 3 is 2.23 bits per heavy atom. The fraction of sp³-hybridized carbons (Fsp3) is 0.435. The van der Waals surface area contributed by atoms with E-state index in [1.165, 1.54) is 12.8 Å². The molecule has 1 aliphatic carbocycles. The maximum Gasteiger partial charge on any atom is 0.413 e. The van der Waals surface area contributed by atoms with Gasteiger partial charge in [0.1, 0.15) is 5.75 Å². The quantitative estimate of drug-likeness (QED) is 0.675. The van der Waals surface area contributed by atoms with Crippen LogP contribution in [-0.4, -0.2) is 6.09 Å². The molecule has 0 aromatic heterocycles. The summed E-state index contributed by atoms with van der Waals surface area (Å²) in [5.74, 6) is 2.18. The number of ether oxygens (including phenoxy) is 1. The number of hydrogen-bond donors (Lipinski definition) is 1. The summed E-state index contributed by atoms with van der Waals surface area (Å²) < 4.78 is 5.88. The SMILES string of the molecule is CC(C)c1cccc([C@@H](C)C2CC2)c1OC(=O)N[C@@H](C)c1ccccc1. The standard InChI is InChI=1S/C23H29NO2/c1-15(2)20-11-8-12-21(16(3)18-13-14-18)22(20)26-23(25)24-17(4)19-9-6-5-7-10-19/h5-12,15-18H,13-14H2,1-4H3,(H,24,25)/t16-,17-/m0/s1. The van der Waals surface area contributed by atoms with Crippen LogP contribution in [0.4, 0.5) is 4.79 Å². The van der Waals surface area contributed by atoms with Gasteiger partial charge in [0.25, 0.3) is 0 Å². The molecule has 0 spiro atoms. The summed E-state index contributed by atoms with van der Waals surface area (Å²) in [6.07, 6.45) is 2.15. The number of carbonyl (C=O) groups excluding carboxylic acids is 1. The van der Waals surface area contributed by atoms with Crippen LogP contribution in [0, 0.1) is 5.92 Å². The molecule has 3 heteroatoms. The van der Waals surface area contributed by atoms with Crippen LogP contribution in [0.15, 0.2) is 48.5 Å². The van der Waals surface area contributed by atoms with Crippen molar-refractivity contribution in [3.05, 3.63) is 65.2 Å². The molecule has 0 unspecified atom stereocenters. The van der Waals surface area contributed by atoms with Crippen LogP contribution < -0.4 is 10.1 Å². The van der Waals surface area contributed by atoms with Crippen LogP contribution in [0.1, 0.15) is 75.1 Å². The van der Waals surface area contributed by atoms with Crippen LogP contribution in [0.25, 0.3) is 0 Å². The van der Waals surface area contributed by atoms with Crippen molar-refractivity contribution < 1.29 is 9.53 Å². The van der Waals surface area contributed by atoms with Crippen molar-refractivity contribution in [2.75, 3.05) is 0 Å². The third-order valence-electron chi connectivity index (χ3n) is 5.35. The van der Waals surface area contributed by atoms with Crippen LogP contribution in [-0.2, 0) is 0 Å². The summed E-state index contributed by atoms with van der Waals surface area (Å²) in [7, 11) is 0. The van der Waals surface area contributed by atoms with E-state index in [4.69, 9.17) is 4.74 Å². The lowest BCUT2D eigenvalue weighted by molar-refractivity contribution is 0.195. The third-order valence-corrected chi connectivity index (χ3v) is 5.35. The van der Waals surface area contributed by atoms with E-state index in [1.54, 1.807) is 0 Å². The smallest absolute Gasteiger partial charge is 0.410 e. The Balaban J connectivity index is 1.80. The Hall–Kier alpha value is -2.29. The average Bonchev–Trinajstić information content (AvgIpc) is 3.47. The molecule has 1 saturated carbocycles. The molecule has 1 amide bonds. The van der Waals surface area contributed by atoms with Gasteiger partial charge >= 0.3 is 6.09 Å². The zero-order valence-electron chi connectivity index (χ0n) is 16.2. The van der Waals surface area contributed by atoms with Crippen molar-refractivity contribution in [2.45, 2.75) is 58.4 Å². The van der Waals surface area contributed by atoms with Gasteiger partial charge in [-0.2, -0.15) is 0 Å². The van der Waals surface area contributed by atoms with E-state index >= 15 is 0 Å². The molecule has 1 N–H and O–H groups in total. The molecule has 138 valence electrons. The first-order valence-electron chi connectivity index (χ1n) is 9.63. The molecule has 0 bridgehead atoms. The normalized spacial score (nSPS) is 16.2. The predicted octanol–water partition coefficient (Wildman–Crippen LogP) is 6.17. The maximum atomic E-state index is 12.6. The zero-order valence-corrected chi connectivity index (χ0v) is 16.2. The summed E-state index contributed by atoms with van der Waals surface area (Å²) in [6.45, 7) is 8.49. The van der Waals surface area contributed by atoms with Crippen molar-refractivity contribution in [1.82, 2.24) is 5.32 Å². The van der Waals surface area contributed by atoms with E-state index in [1.807, 2.05) is 37.3 Å². The molecule has 3 rings (SSSR count). The second-order valence-electron chi connectivity index (χ2n) is 7.71. The van der Waals surface area contributed by atoms with Gasteiger partial charge in [-0.25, -0.2) is 4.79 Å². The molecule has 26 heavy (non-hydrogen) atoms. The molecule has 3 nitrogen and oxygen atoms in total. The minimum absolute atomic E-state index is 0.0979. The molecule has 2 atom stereocenters. The molecule has 0 saturated heterocycles. The molecule has 0 heterocycles. The summed E-state index contributed by atoms with van der Waals surface area (Å²) >= 11 is 0. The second kappa shape index (κ2) is 7.94. The number of para-hydroxylation sites is 1. The predicted molar refractivity (Wildman–Crippen MR) is 106 cm³/mol. The third kappa shape index (κ3) is 4.27. The van der Waals surface area contributed by atoms with Gasteiger partial charge in [0.05, 0.1) is 6.04 Å². The molecular weight excluding hydrogens is 322 g/mol. The lowest BCUT2D eigenvalue weighted by Crippen LogP contribution is -2.30. The number of carbonyl (C=O) groups is 1. The maximum absolute atomic E-state index is 12.6. The number of rotatable bonds is 6. The zero-order chi connectivity index (χ0) is 18.7. The van der Waals surface area contributed by atoms with Crippen molar-refractivity contribution in [3.63, 3.8) is 0 Å². The van der Waals surface area contributed by atoms with Crippen LogP contribution in [0.5, 0.6) is 5.75 Å². The van der Waals surface area contributed by atoms with E-state index in [2.05, 4.69) is 44.3 Å². The van der Waals surface area contributed by atoms with Crippen molar-refractivity contribution in [2.24, 2.45) is 5.92 Å². The highest BCUT2D eigenvalue weighted by Gasteiger charge is 2.32. The van der Waals surface area contributed by atoms with Crippen molar-refractivity contribution >= 4 is 6.09 Å². The van der Waals surface area contributed by atoms with E-state index < -0.39 is 6.09 Å². The van der Waals surface area contributed by atoms with Gasteiger partial charge in [0, 0.05) is 0 Å². The number of amides is 1. The average molecular weight is 351 g/mol. The van der Waals surface area contributed by atoms with Crippen molar-refractivity contribution in [3.8, 4) is 5.75 Å². The van der Waals surface area contributed by atoms with Gasteiger partial charge in [0.2, 0.25) is 0 Å². The Kier molecular flexibility index (Phi) is 5.65. The first-order chi connectivity index (χ1) is 12.5. The fourth-order valence-electron chi connectivity index (χ4n) is 3.48. The highest BCUT2D eigenvalue weighted by atomic mass is 16.6. The fourth-order valence-corrected chi connectivity index (χ4v) is 3.48. The van der Waals surface area contributed by atoms with Gasteiger partial charge in [0.15, 0.2) is 0 Å². The summed E-state index contributed by atoms with van der Waals surface area (Å²) in [5.41, 5.74) is 3.31. The molecule has 0 radical (unpaired) electrons. The molecule has 2 aromatic rings. The van der Waals surface area contributed by atoms with Gasteiger partial charge in [-0.15, -0.1) is 0 Å². The van der Waals surface area contributed by atoms with Gasteiger partial charge < -0.3 is 10.1 Å². The van der Waals surface area contributed by atoms with E-state index in [-0.39, 0.29) is 6.04 Å². The molecule has 2 aromatic carbocycles. The second-order valence-corrected chi connectivity index (χ2v) is 7.71. The van der Waals surface area contributed by atoms with Crippen LogP contribution in [0.3, 0.4) is 0 Å². The lowest BCUT2D eigenvalue weighted by atomic mass is 9.90. The highest BCUT2D eigenvalue weighted by molar-refractivity contribution is 5.72. The molecule has 1 fully saturated rings. The Morgan fingerprint density at radius 1 is 0.962 bits per heavy atom. The van der Waals surface area contributed by atoms with Gasteiger partial charge in [-0.3, -0.25) is 0 Å². The lowest BCUT2D eigenvalue weighted by Gasteiger charge is -2.22. The van der Waals surface area contributed by atoms with Gasteiger partial charge in [-0.05, 0) is 54.2 Å². The topological polar surface area (TPSA) is 38.3 Å². The number of nitrogens with one attached hydrogen (secondary N) is 1. The monoisotopic (exact) mass is 351 g/mol. The minimum atomic E-state index is -0.390. The number of benzene rings is 2. The van der Waals surface area contributed by atoms with E-state index in [9.17, 15) is 4.79 Å². The Morgan fingerprint density at radius 2 is 1.62 bits per heavy atom. The Labute approximate surface area is 156 Å². The number of hydrogen-bond acceptors (Lipinski definition) is 2. The summed E-state index contributed by atoms with van der Waals surface area (Å²) in [5, 5.41) is 2.96. The summed E-state index contributed by atoms with van der Waals surface area (Å²) in [6, 6.07) is 16.1. The molecule has 1 aliphatic rings. The summed E-state index contributed by atoms with van der Waals surface area (Å²) in [4.78, 5) is 12.6. The highest BCUT2D eigenvalue weighted by Crippen LogP contribution is 2.46. The minimum Gasteiger partial charge on any atom is -0.410 e. The van der Waals surface area contributed by atoms with Crippen LogP contribution >= 0.6 is 0 Å².